The van der Waals surface area contributed by atoms with Gasteiger partial charge in [0.1, 0.15) is 5.75 Å². The molecule has 2 aromatic rings. The van der Waals surface area contributed by atoms with Crippen molar-refractivity contribution in [3.63, 3.8) is 0 Å². The Labute approximate surface area is 181 Å². The number of hydrogen-bond acceptors (Lipinski definition) is 7. The van der Waals surface area contributed by atoms with Crippen molar-refractivity contribution in [1.29, 1.82) is 0 Å². The molecule has 2 aliphatic rings. The Bertz CT molecular complexity index is 1040. The highest BCUT2D eigenvalue weighted by Gasteiger charge is 2.31. The molecule has 8 nitrogen and oxygen atoms in total. The minimum absolute atomic E-state index is 0.0150. The zero-order chi connectivity index (χ0) is 21.8. The fraction of sp³-hybridized carbons (Fsp3) is 0.409. The van der Waals surface area contributed by atoms with Gasteiger partial charge in [-0.3, -0.25) is 9.78 Å². The first-order valence-corrected chi connectivity index (χ1v) is 12.1. The number of carbonyl (C=O) groups excluding carboxylic acids is 1. The molecule has 1 aromatic carbocycles. The van der Waals surface area contributed by atoms with Crippen LogP contribution >= 0.6 is 0 Å². The van der Waals surface area contributed by atoms with Gasteiger partial charge in [-0.1, -0.05) is 17.3 Å². The number of carbonyl (C=O) groups is 1. The number of amides is 1. The lowest BCUT2D eigenvalue weighted by atomic mass is 9.97. The number of pyridine rings is 1. The molecule has 0 aliphatic carbocycles. The van der Waals surface area contributed by atoms with E-state index < -0.39 is 15.9 Å². The summed E-state index contributed by atoms with van der Waals surface area (Å²) in [6, 6.07) is 10.4. The topological polar surface area (TPSA) is 98.2 Å². The number of ether oxygens (including phenoxy) is 1. The van der Waals surface area contributed by atoms with E-state index >= 15 is 0 Å². The van der Waals surface area contributed by atoms with Crippen LogP contribution in [0.25, 0.3) is 11.3 Å². The minimum Gasteiger partial charge on any atom is -0.492 e. The molecule has 1 saturated heterocycles. The van der Waals surface area contributed by atoms with Crippen molar-refractivity contribution in [3.8, 4) is 17.0 Å². The van der Waals surface area contributed by atoms with Crippen molar-refractivity contribution in [2.45, 2.75) is 30.3 Å². The summed E-state index contributed by atoms with van der Waals surface area (Å²) in [6.45, 7) is 1.98. The van der Waals surface area contributed by atoms with Crippen molar-refractivity contribution in [2.75, 3.05) is 26.0 Å². The van der Waals surface area contributed by atoms with Crippen molar-refractivity contribution >= 4 is 22.0 Å². The second-order valence-electron chi connectivity index (χ2n) is 7.87. The maximum atomic E-state index is 12.4. The Balaban J connectivity index is 1.26. The number of likely N-dealkylation sites (tertiary alicyclic amines) is 1. The third-order valence-electron chi connectivity index (χ3n) is 5.58. The van der Waals surface area contributed by atoms with Crippen LogP contribution < -0.4 is 4.74 Å². The van der Waals surface area contributed by atoms with Crippen molar-refractivity contribution in [3.05, 3.63) is 42.6 Å². The van der Waals surface area contributed by atoms with E-state index in [0.717, 1.165) is 24.1 Å². The molecular weight excluding hydrogens is 418 g/mol. The molecule has 0 radical (unpaired) electrons. The Hall–Kier alpha value is -2.94. The molecule has 164 valence electrons. The number of hydrogen-bond donors (Lipinski definition) is 0. The maximum absolute atomic E-state index is 12.4. The van der Waals surface area contributed by atoms with Crippen LogP contribution in [0.3, 0.4) is 0 Å². The highest BCUT2D eigenvalue weighted by molar-refractivity contribution is 7.90. The van der Waals surface area contributed by atoms with Gasteiger partial charge in [-0.25, -0.2) is 8.42 Å². The van der Waals surface area contributed by atoms with Gasteiger partial charge in [0.25, 0.3) is 5.91 Å². The molecule has 0 saturated carbocycles. The number of aromatic nitrogens is 1. The molecule has 4 rings (SSSR count). The Morgan fingerprint density at radius 3 is 2.48 bits per heavy atom. The Morgan fingerprint density at radius 2 is 1.90 bits per heavy atom. The zero-order valence-electron chi connectivity index (χ0n) is 17.3. The van der Waals surface area contributed by atoms with Crippen LogP contribution in [0.5, 0.6) is 5.75 Å². The summed E-state index contributed by atoms with van der Waals surface area (Å²) in [5, 5.41) is 3.67. The fourth-order valence-corrected chi connectivity index (χ4v) is 4.32. The molecule has 31 heavy (non-hydrogen) atoms. The summed E-state index contributed by atoms with van der Waals surface area (Å²) in [5.41, 5.74) is 1.59. The summed E-state index contributed by atoms with van der Waals surface area (Å²) >= 11 is 0. The summed E-state index contributed by atoms with van der Waals surface area (Å²) in [4.78, 5) is 24.0. The summed E-state index contributed by atoms with van der Waals surface area (Å²) < 4.78 is 29.1. The smallest absolute Gasteiger partial charge is 0.266 e. The molecule has 1 amide bonds. The van der Waals surface area contributed by atoms with Gasteiger partial charge in [-0.2, -0.15) is 0 Å². The average molecular weight is 444 g/mol. The molecular formula is C22H25N3O5S. The second-order valence-corrected chi connectivity index (χ2v) is 9.89. The SMILES string of the molecule is CS(=O)(=O)c1ccc(-c2ccc(OCC3CCN(C(=O)C4CC=NO4)CC3)cn2)cc1. The predicted octanol–water partition coefficient (Wildman–Crippen LogP) is 2.54. The predicted molar refractivity (Wildman–Crippen MR) is 116 cm³/mol. The van der Waals surface area contributed by atoms with Crippen LogP contribution in [0.1, 0.15) is 19.3 Å². The normalized spacial score (nSPS) is 19.3. The molecule has 0 spiro atoms. The molecule has 2 aliphatic heterocycles. The molecule has 0 N–H and O–H groups in total. The quantitative estimate of drug-likeness (QED) is 0.681. The molecule has 1 atom stereocenters. The van der Waals surface area contributed by atoms with E-state index in [9.17, 15) is 13.2 Å². The van der Waals surface area contributed by atoms with Gasteiger partial charge in [-0.05, 0) is 43.0 Å². The molecule has 1 unspecified atom stereocenters. The summed E-state index contributed by atoms with van der Waals surface area (Å²) in [6.07, 6.45) is 6.36. The van der Waals surface area contributed by atoms with Gasteiger partial charge in [0, 0.05) is 37.5 Å². The third-order valence-corrected chi connectivity index (χ3v) is 6.71. The van der Waals surface area contributed by atoms with Gasteiger partial charge >= 0.3 is 0 Å². The van der Waals surface area contributed by atoms with Crippen LogP contribution in [0, 0.1) is 5.92 Å². The molecule has 0 bridgehead atoms. The first kappa shape index (κ1) is 21.3. The first-order valence-electron chi connectivity index (χ1n) is 10.3. The lowest BCUT2D eigenvalue weighted by molar-refractivity contribution is -0.143. The molecule has 1 aromatic heterocycles. The van der Waals surface area contributed by atoms with E-state index in [4.69, 9.17) is 9.57 Å². The number of sulfone groups is 1. The number of piperidine rings is 1. The van der Waals surface area contributed by atoms with Crippen LogP contribution in [0.4, 0.5) is 0 Å². The van der Waals surface area contributed by atoms with Gasteiger partial charge in [0.05, 0.1) is 23.4 Å². The minimum atomic E-state index is -3.21. The van der Waals surface area contributed by atoms with E-state index in [0.29, 0.717) is 37.8 Å². The van der Waals surface area contributed by atoms with Gasteiger partial charge in [-0.15, -0.1) is 0 Å². The van der Waals surface area contributed by atoms with Gasteiger partial charge < -0.3 is 14.5 Å². The van der Waals surface area contributed by atoms with E-state index in [1.165, 1.54) is 6.26 Å². The van der Waals surface area contributed by atoms with Crippen LogP contribution in [-0.2, 0) is 19.5 Å². The van der Waals surface area contributed by atoms with Crippen molar-refractivity contribution in [2.24, 2.45) is 11.1 Å². The largest absolute Gasteiger partial charge is 0.492 e. The number of rotatable bonds is 6. The standard InChI is InChI=1S/C22H25N3O5S/c1-31(27,28)19-5-2-17(3-6-19)20-7-4-18(14-23-20)29-15-16-9-12-25(13-10-16)22(26)21-8-11-24-30-21/h2-7,11,14,16,21H,8-10,12-13,15H2,1H3. The summed E-state index contributed by atoms with van der Waals surface area (Å²) in [7, 11) is -3.21. The lowest BCUT2D eigenvalue weighted by Crippen LogP contribution is -2.44. The first-order chi connectivity index (χ1) is 14.9. The van der Waals surface area contributed by atoms with Gasteiger partial charge in [0.2, 0.25) is 6.10 Å². The fourth-order valence-electron chi connectivity index (χ4n) is 3.69. The lowest BCUT2D eigenvalue weighted by Gasteiger charge is -2.32. The Kier molecular flexibility index (Phi) is 6.22. The number of benzene rings is 1. The molecule has 1 fully saturated rings. The van der Waals surface area contributed by atoms with E-state index in [1.54, 1.807) is 36.7 Å². The highest BCUT2D eigenvalue weighted by Crippen LogP contribution is 2.24. The van der Waals surface area contributed by atoms with Gasteiger partial charge in [0.15, 0.2) is 9.84 Å². The van der Waals surface area contributed by atoms with Crippen LogP contribution in [-0.4, -0.2) is 62.5 Å². The molecule has 9 heteroatoms. The zero-order valence-corrected chi connectivity index (χ0v) is 18.1. The number of nitrogens with zero attached hydrogens (tertiary/aromatic N) is 3. The van der Waals surface area contributed by atoms with E-state index in [-0.39, 0.29) is 10.8 Å². The second kappa shape index (κ2) is 9.05. The monoisotopic (exact) mass is 443 g/mol. The van der Waals surface area contributed by atoms with Crippen LogP contribution in [0.15, 0.2) is 52.6 Å². The third kappa shape index (κ3) is 5.22. The van der Waals surface area contributed by atoms with Crippen molar-refractivity contribution < 1.29 is 22.8 Å². The van der Waals surface area contributed by atoms with Crippen LogP contribution in [0.2, 0.25) is 0 Å². The Morgan fingerprint density at radius 1 is 1.16 bits per heavy atom. The maximum Gasteiger partial charge on any atom is 0.266 e. The van der Waals surface area contributed by atoms with Crippen molar-refractivity contribution in [1.82, 2.24) is 9.88 Å². The molecule has 3 heterocycles. The van der Waals surface area contributed by atoms with E-state index in [2.05, 4.69) is 10.1 Å². The summed E-state index contributed by atoms with van der Waals surface area (Å²) in [5.74, 6) is 1.08. The highest BCUT2D eigenvalue weighted by atomic mass is 32.2. The number of oxime groups is 1. The average Bonchev–Trinajstić information content (AvgIpc) is 3.32. The van der Waals surface area contributed by atoms with E-state index in [1.807, 2.05) is 17.0 Å².